The highest BCUT2D eigenvalue weighted by Gasteiger charge is 2.04. The first-order valence-corrected chi connectivity index (χ1v) is 4.69. The molecule has 3 N–H and O–H groups in total. The zero-order chi connectivity index (χ0) is 11.4. The van der Waals surface area contributed by atoms with Gasteiger partial charge in [0.05, 0.1) is 18.1 Å². The number of rotatable bonds is 2. The van der Waals surface area contributed by atoms with Gasteiger partial charge in [0.15, 0.2) is 0 Å². The van der Waals surface area contributed by atoms with Crippen LogP contribution in [0.5, 0.6) is 0 Å². The molecule has 1 heterocycles. The Balaban J connectivity index is 2.11. The fraction of sp³-hybridized carbons (Fsp3) is 0. The molecule has 0 aliphatic heterocycles. The van der Waals surface area contributed by atoms with Crippen LogP contribution >= 0.6 is 0 Å². The maximum Gasteiger partial charge on any atom is 0.255 e. The third-order valence-electron chi connectivity index (χ3n) is 1.97. The zero-order valence-electron chi connectivity index (χ0n) is 8.42. The molecule has 0 aliphatic rings. The second-order valence-electron chi connectivity index (χ2n) is 3.15. The van der Waals surface area contributed by atoms with Crippen LogP contribution in [0.4, 0.5) is 11.6 Å². The maximum absolute atomic E-state index is 11.7. The maximum atomic E-state index is 11.7. The number of hydrogen-bond acceptors (Lipinski definition) is 4. The van der Waals surface area contributed by atoms with E-state index in [4.69, 9.17) is 5.73 Å². The van der Waals surface area contributed by atoms with E-state index in [0.29, 0.717) is 11.3 Å². The monoisotopic (exact) mass is 214 g/mol. The van der Waals surface area contributed by atoms with E-state index in [1.54, 1.807) is 24.3 Å². The molecule has 1 aromatic carbocycles. The molecular formula is C11H10N4O. The SMILES string of the molecule is Nc1ncc(NC(=O)c2ccccc2)cn1. The van der Waals surface area contributed by atoms with Crippen LogP contribution in [0.25, 0.3) is 0 Å². The molecule has 16 heavy (non-hydrogen) atoms. The fourth-order valence-corrected chi connectivity index (χ4v) is 1.20. The number of nitrogen functional groups attached to an aromatic ring is 1. The van der Waals surface area contributed by atoms with Crippen molar-refractivity contribution in [2.45, 2.75) is 0 Å². The minimum atomic E-state index is -0.200. The minimum Gasteiger partial charge on any atom is -0.368 e. The summed E-state index contributed by atoms with van der Waals surface area (Å²) in [7, 11) is 0. The standard InChI is InChI=1S/C11H10N4O/c12-11-13-6-9(7-14-11)15-10(16)8-4-2-1-3-5-8/h1-7H,(H,15,16)(H2,12,13,14). The largest absolute Gasteiger partial charge is 0.368 e. The quantitative estimate of drug-likeness (QED) is 0.789. The van der Waals surface area contributed by atoms with Crippen molar-refractivity contribution in [2.75, 3.05) is 11.1 Å². The highest BCUT2D eigenvalue weighted by molar-refractivity contribution is 6.04. The minimum absolute atomic E-state index is 0.178. The summed E-state index contributed by atoms with van der Waals surface area (Å²) in [5.74, 6) is -0.0216. The summed E-state index contributed by atoms with van der Waals surface area (Å²) >= 11 is 0. The Labute approximate surface area is 92.3 Å². The second kappa shape index (κ2) is 4.39. The molecular weight excluding hydrogens is 204 g/mol. The van der Waals surface area contributed by atoms with Gasteiger partial charge in [0.1, 0.15) is 0 Å². The number of amides is 1. The predicted molar refractivity (Wildman–Crippen MR) is 60.8 cm³/mol. The number of carbonyl (C=O) groups is 1. The molecule has 0 saturated carbocycles. The summed E-state index contributed by atoms with van der Waals surface area (Å²) in [4.78, 5) is 19.3. The first-order valence-electron chi connectivity index (χ1n) is 4.69. The van der Waals surface area contributed by atoms with Gasteiger partial charge in [0, 0.05) is 5.56 Å². The summed E-state index contributed by atoms with van der Waals surface area (Å²) in [6.07, 6.45) is 2.92. The molecule has 5 nitrogen and oxygen atoms in total. The Morgan fingerprint density at radius 3 is 2.38 bits per heavy atom. The predicted octanol–water partition coefficient (Wildman–Crippen LogP) is 1.31. The lowest BCUT2D eigenvalue weighted by atomic mass is 10.2. The smallest absolute Gasteiger partial charge is 0.255 e. The third kappa shape index (κ3) is 2.33. The van der Waals surface area contributed by atoms with Gasteiger partial charge < -0.3 is 11.1 Å². The number of aromatic nitrogens is 2. The Kier molecular flexibility index (Phi) is 2.77. The van der Waals surface area contributed by atoms with Crippen LogP contribution in [0.15, 0.2) is 42.7 Å². The highest BCUT2D eigenvalue weighted by Crippen LogP contribution is 2.07. The molecule has 2 aromatic rings. The summed E-state index contributed by atoms with van der Waals surface area (Å²) in [6, 6.07) is 8.91. The van der Waals surface area contributed by atoms with Crippen LogP contribution in [0.2, 0.25) is 0 Å². The molecule has 0 fully saturated rings. The van der Waals surface area contributed by atoms with Crippen molar-refractivity contribution < 1.29 is 4.79 Å². The van der Waals surface area contributed by atoms with Crippen molar-refractivity contribution in [3.8, 4) is 0 Å². The third-order valence-corrected chi connectivity index (χ3v) is 1.97. The lowest BCUT2D eigenvalue weighted by molar-refractivity contribution is 0.102. The van der Waals surface area contributed by atoms with Crippen LogP contribution in [-0.2, 0) is 0 Å². The number of nitrogens with one attached hydrogen (secondary N) is 1. The van der Waals surface area contributed by atoms with E-state index >= 15 is 0 Å². The zero-order valence-corrected chi connectivity index (χ0v) is 8.42. The van der Waals surface area contributed by atoms with Gasteiger partial charge in [-0.3, -0.25) is 4.79 Å². The molecule has 0 spiro atoms. The molecule has 0 saturated heterocycles. The fourth-order valence-electron chi connectivity index (χ4n) is 1.20. The van der Waals surface area contributed by atoms with Crippen LogP contribution in [0.1, 0.15) is 10.4 Å². The van der Waals surface area contributed by atoms with E-state index in [0.717, 1.165) is 0 Å². The number of nitrogens with two attached hydrogens (primary N) is 1. The van der Waals surface area contributed by atoms with Crippen LogP contribution in [0.3, 0.4) is 0 Å². The Morgan fingerprint density at radius 2 is 1.75 bits per heavy atom. The Morgan fingerprint density at radius 1 is 1.12 bits per heavy atom. The first-order chi connectivity index (χ1) is 7.75. The lowest BCUT2D eigenvalue weighted by Crippen LogP contribution is -2.12. The molecule has 5 heteroatoms. The lowest BCUT2D eigenvalue weighted by Gasteiger charge is -2.03. The van der Waals surface area contributed by atoms with Crippen LogP contribution < -0.4 is 11.1 Å². The molecule has 0 radical (unpaired) electrons. The van der Waals surface area contributed by atoms with Crippen molar-refractivity contribution in [1.29, 1.82) is 0 Å². The first kappa shape index (κ1) is 10.1. The van der Waals surface area contributed by atoms with Crippen molar-refractivity contribution in [3.63, 3.8) is 0 Å². The Hall–Kier alpha value is -2.43. The molecule has 1 aromatic heterocycles. The van der Waals surface area contributed by atoms with Crippen molar-refractivity contribution in [2.24, 2.45) is 0 Å². The average Bonchev–Trinajstić information content (AvgIpc) is 2.33. The molecule has 0 unspecified atom stereocenters. The van der Waals surface area contributed by atoms with Gasteiger partial charge >= 0.3 is 0 Å². The molecule has 80 valence electrons. The number of hydrogen-bond donors (Lipinski definition) is 2. The van der Waals surface area contributed by atoms with Crippen molar-refractivity contribution >= 4 is 17.5 Å². The average molecular weight is 214 g/mol. The summed E-state index contributed by atoms with van der Waals surface area (Å²) < 4.78 is 0. The van der Waals surface area contributed by atoms with Crippen molar-refractivity contribution in [1.82, 2.24) is 9.97 Å². The molecule has 2 rings (SSSR count). The van der Waals surface area contributed by atoms with E-state index < -0.39 is 0 Å². The van der Waals surface area contributed by atoms with Gasteiger partial charge in [-0.25, -0.2) is 9.97 Å². The van der Waals surface area contributed by atoms with Crippen molar-refractivity contribution in [3.05, 3.63) is 48.3 Å². The summed E-state index contributed by atoms with van der Waals surface area (Å²) in [5, 5.41) is 2.67. The molecule has 1 amide bonds. The van der Waals surface area contributed by atoms with Gasteiger partial charge in [-0.05, 0) is 12.1 Å². The van der Waals surface area contributed by atoms with E-state index in [-0.39, 0.29) is 11.9 Å². The van der Waals surface area contributed by atoms with Crippen LogP contribution in [0, 0.1) is 0 Å². The molecule has 0 bridgehead atoms. The van der Waals surface area contributed by atoms with Gasteiger partial charge in [-0.2, -0.15) is 0 Å². The highest BCUT2D eigenvalue weighted by atomic mass is 16.1. The molecule has 0 atom stereocenters. The topological polar surface area (TPSA) is 80.9 Å². The molecule has 0 aliphatic carbocycles. The van der Waals surface area contributed by atoms with E-state index in [2.05, 4.69) is 15.3 Å². The van der Waals surface area contributed by atoms with E-state index in [1.165, 1.54) is 12.4 Å². The number of nitrogens with zero attached hydrogens (tertiary/aromatic N) is 2. The normalized spacial score (nSPS) is 9.75. The van der Waals surface area contributed by atoms with Crippen LogP contribution in [-0.4, -0.2) is 15.9 Å². The number of anilines is 2. The second-order valence-corrected chi connectivity index (χ2v) is 3.15. The van der Waals surface area contributed by atoms with Gasteiger partial charge in [0.2, 0.25) is 5.95 Å². The Bertz CT molecular complexity index is 481. The summed E-state index contributed by atoms with van der Waals surface area (Å²) in [5.41, 5.74) is 6.43. The summed E-state index contributed by atoms with van der Waals surface area (Å²) in [6.45, 7) is 0. The van der Waals surface area contributed by atoms with Gasteiger partial charge in [-0.1, -0.05) is 18.2 Å². The van der Waals surface area contributed by atoms with E-state index in [9.17, 15) is 4.79 Å². The number of benzene rings is 1. The number of carbonyl (C=O) groups excluding carboxylic acids is 1. The van der Waals surface area contributed by atoms with E-state index in [1.807, 2.05) is 6.07 Å². The van der Waals surface area contributed by atoms with Gasteiger partial charge in [-0.15, -0.1) is 0 Å². The van der Waals surface area contributed by atoms with Gasteiger partial charge in [0.25, 0.3) is 5.91 Å².